The van der Waals surface area contributed by atoms with Gasteiger partial charge in [0.1, 0.15) is 17.7 Å². The van der Waals surface area contributed by atoms with Crippen molar-refractivity contribution in [3.05, 3.63) is 0 Å². The predicted octanol–water partition coefficient (Wildman–Crippen LogP) is 1.75. The third kappa shape index (κ3) is 7.35. The maximum Gasteiger partial charge on any atom is 0.408 e. The number of amides is 3. The number of hydrogen-bond acceptors (Lipinski definition) is 8. The summed E-state index contributed by atoms with van der Waals surface area (Å²) in [5.74, 6) is -3.14. The molecule has 1 N–H and O–H groups in total. The number of alkyl carbamates (subject to hydrolysis) is 1. The van der Waals surface area contributed by atoms with Gasteiger partial charge in [0.2, 0.25) is 0 Å². The third-order valence-corrected chi connectivity index (χ3v) is 4.38. The Labute approximate surface area is 169 Å². The number of imide groups is 1. The Balaban J connectivity index is 2.01. The molecule has 2 fully saturated rings. The van der Waals surface area contributed by atoms with Crippen LogP contribution in [-0.2, 0) is 33.5 Å². The fraction of sp³-hybridized carbons (Fsp3) is 0.737. The van der Waals surface area contributed by atoms with E-state index in [1.54, 1.807) is 20.8 Å². The maximum atomic E-state index is 12.5. The lowest BCUT2D eigenvalue weighted by atomic mass is 9.98. The normalized spacial score (nSPS) is 18.9. The van der Waals surface area contributed by atoms with E-state index in [-0.39, 0.29) is 18.9 Å². The summed E-state index contributed by atoms with van der Waals surface area (Å²) in [6.45, 7) is 4.91. The number of hydrogen-bond donors (Lipinski definition) is 1. The lowest BCUT2D eigenvalue weighted by molar-refractivity contribution is -0.199. The fourth-order valence-electron chi connectivity index (χ4n) is 3.04. The highest BCUT2D eigenvalue weighted by molar-refractivity contribution is 6.02. The highest BCUT2D eigenvalue weighted by Gasteiger charge is 2.37. The Kier molecular flexibility index (Phi) is 7.58. The van der Waals surface area contributed by atoms with Crippen LogP contribution in [-0.4, -0.2) is 52.7 Å². The van der Waals surface area contributed by atoms with Crippen LogP contribution in [0.5, 0.6) is 0 Å². The second-order valence-electron chi connectivity index (χ2n) is 8.14. The van der Waals surface area contributed by atoms with Gasteiger partial charge in [0.05, 0.1) is 6.42 Å². The summed E-state index contributed by atoms with van der Waals surface area (Å²) in [6.07, 6.45) is 2.68. The zero-order valence-corrected chi connectivity index (χ0v) is 17.0. The van der Waals surface area contributed by atoms with Crippen LogP contribution in [0.15, 0.2) is 0 Å². The topological polar surface area (TPSA) is 128 Å². The van der Waals surface area contributed by atoms with E-state index < -0.39 is 47.9 Å². The molecule has 162 valence electrons. The number of nitrogens with one attached hydrogen (secondary N) is 1. The summed E-state index contributed by atoms with van der Waals surface area (Å²) >= 11 is 0. The smallest absolute Gasteiger partial charge is 0.408 e. The van der Waals surface area contributed by atoms with Crippen molar-refractivity contribution in [2.24, 2.45) is 0 Å². The number of ether oxygens (including phenoxy) is 2. The summed E-state index contributed by atoms with van der Waals surface area (Å²) in [6, 6.07) is -1.47. The minimum absolute atomic E-state index is 0.0694. The van der Waals surface area contributed by atoms with Gasteiger partial charge in [0.25, 0.3) is 11.8 Å². The average Bonchev–Trinajstić information content (AvgIpc) is 2.92. The molecular formula is C19H28N2O8. The Morgan fingerprint density at radius 3 is 2.21 bits per heavy atom. The van der Waals surface area contributed by atoms with Crippen molar-refractivity contribution in [2.45, 2.75) is 89.9 Å². The molecule has 2 aliphatic rings. The van der Waals surface area contributed by atoms with Crippen molar-refractivity contribution in [1.29, 1.82) is 0 Å². The first-order chi connectivity index (χ1) is 13.5. The molecule has 1 aliphatic heterocycles. The zero-order valence-electron chi connectivity index (χ0n) is 17.0. The predicted molar refractivity (Wildman–Crippen MR) is 97.9 cm³/mol. The first kappa shape index (κ1) is 22.6. The molecule has 0 spiro atoms. The summed E-state index contributed by atoms with van der Waals surface area (Å²) in [4.78, 5) is 65.0. The van der Waals surface area contributed by atoms with Crippen LogP contribution in [0.25, 0.3) is 0 Å². The summed E-state index contributed by atoms with van der Waals surface area (Å²) in [7, 11) is 0. The monoisotopic (exact) mass is 412 g/mol. The van der Waals surface area contributed by atoms with Crippen molar-refractivity contribution < 1.29 is 38.3 Å². The van der Waals surface area contributed by atoms with E-state index in [1.165, 1.54) is 0 Å². The first-order valence-corrected chi connectivity index (χ1v) is 9.82. The maximum absolute atomic E-state index is 12.5. The van der Waals surface area contributed by atoms with E-state index in [2.05, 4.69) is 5.32 Å². The molecule has 2 rings (SSSR count). The van der Waals surface area contributed by atoms with Crippen molar-refractivity contribution in [1.82, 2.24) is 10.4 Å². The van der Waals surface area contributed by atoms with Crippen molar-refractivity contribution in [3.8, 4) is 0 Å². The minimum Gasteiger partial charge on any atom is -0.462 e. The summed E-state index contributed by atoms with van der Waals surface area (Å²) in [5, 5.41) is 2.62. The molecule has 1 atom stereocenters. The van der Waals surface area contributed by atoms with Crippen molar-refractivity contribution in [3.63, 3.8) is 0 Å². The van der Waals surface area contributed by atoms with Crippen LogP contribution in [0.1, 0.15) is 72.1 Å². The Morgan fingerprint density at radius 1 is 1.07 bits per heavy atom. The SMILES string of the molecule is CC(C)(C)OC(=O)N[C@@H](CC(=O)OC1CCCCC1)C(=O)ON1C(=O)CCC1=O. The van der Waals surface area contributed by atoms with Gasteiger partial charge in [-0.25, -0.2) is 9.59 Å². The standard InChI is InChI=1S/C19H28N2O8/c1-19(2,3)28-18(26)20-13(11-16(24)27-12-7-5-4-6-8-12)17(25)29-21-14(22)9-10-15(21)23/h12-13H,4-11H2,1-3H3,(H,20,26)/t13-/m0/s1. The number of nitrogens with zero attached hydrogens (tertiary/aromatic N) is 1. The van der Waals surface area contributed by atoms with E-state index in [9.17, 15) is 24.0 Å². The second-order valence-corrected chi connectivity index (χ2v) is 8.14. The van der Waals surface area contributed by atoms with E-state index in [4.69, 9.17) is 14.3 Å². The van der Waals surface area contributed by atoms with Crippen LogP contribution in [0.3, 0.4) is 0 Å². The Hall–Kier alpha value is -2.65. The number of carbonyl (C=O) groups excluding carboxylic acids is 5. The zero-order chi connectivity index (χ0) is 21.6. The van der Waals surface area contributed by atoms with E-state index >= 15 is 0 Å². The minimum atomic E-state index is -1.47. The lowest BCUT2D eigenvalue weighted by Crippen LogP contribution is -2.48. The molecule has 1 saturated carbocycles. The summed E-state index contributed by atoms with van der Waals surface area (Å²) in [5.41, 5.74) is -0.831. The molecule has 1 heterocycles. The molecule has 1 saturated heterocycles. The average molecular weight is 412 g/mol. The van der Waals surface area contributed by atoms with Gasteiger partial charge in [0.15, 0.2) is 0 Å². The molecular weight excluding hydrogens is 384 g/mol. The highest BCUT2D eigenvalue weighted by Crippen LogP contribution is 2.21. The number of esters is 1. The molecule has 0 aromatic rings. The molecule has 29 heavy (non-hydrogen) atoms. The fourth-order valence-corrected chi connectivity index (χ4v) is 3.04. The quantitative estimate of drug-likeness (QED) is 0.516. The molecule has 0 bridgehead atoms. The van der Waals surface area contributed by atoms with E-state index in [0.29, 0.717) is 5.06 Å². The van der Waals surface area contributed by atoms with Gasteiger partial charge in [0, 0.05) is 12.8 Å². The van der Waals surface area contributed by atoms with Crippen molar-refractivity contribution in [2.75, 3.05) is 0 Å². The number of carbonyl (C=O) groups is 5. The molecule has 0 unspecified atom stereocenters. The van der Waals surface area contributed by atoms with Crippen LogP contribution >= 0.6 is 0 Å². The van der Waals surface area contributed by atoms with Crippen LogP contribution in [0.4, 0.5) is 4.79 Å². The highest BCUT2D eigenvalue weighted by atomic mass is 16.7. The van der Waals surface area contributed by atoms with Crippen LogP contribution < -0.4 is 5.32 Å². The van der Waals surface area contributed by atoms with Crippen LogP contribution in [0, 0.1) is 0 Å². The molecule has 1 aliphatic carbocycles. The molecule has 0 aromatic carbocycles. The van der Waals surface area contributed by atoms with Gasteiger partial charge >= 0.3 is 18.0 Å². The van der Waals surface area contributed by atoms with Gasteiger partial charge in [-0.15, -0.1) is 5.06 Å². The first-order valence-electron chi connectivity index (χ1n) is 9.82. The van der Waals surface area contributed by atoms with Gasteiger partial charge in [-0.1, -0.05) is 6.42 Å². The lowest BCUT2D eigenvalue weighted by Gasteiger charge is -2.25. The van der Waals surface area contributed by atoms with Gasteiger partial charge in [-0.3, -0.25) is 14.4 Å². The number of rotatable bonds is 6. The van der Waals surface area contributed by atoms with Crippen molar-refractivity contribution >= 4 is 29.8 Å². The van der Waals surface area contributed by atoms with Crippen LogP contribution in [0.2, 0.25) is 0 Å². The van der Waals surface area contributed by atoms with Gasteiger partial charge in [-0.05, 0) is 46.5 Å². The third-order valence-electron chi connectivity index (χ3n) is 4.38. The molecule has 0 aromatic heterocycles. The second kappa shape index (κ2) is 9.71. The van der Waals surface area contributed by atoms with Gasteiger partial charge < -0.3 is 19.6 Å². The largest absolute Gasteiger partial charge is 0.462 e. The molecule has 3 amide bonds. The van der Waals surface area contributed by atoms with E-state index in [0.717, 1.165) is 32.1 Å². The Bertz CT molecular complexity index is 648. The molecule has 0 radical (unpaired) electrons. The van der Waals surface area contributed by atoms with E-state index in [1.807, 2.05) is 0 Å². The molecule has 10 nitrogen and oxygen atoms in total. The molecule has 10 heteroatoms. The number of hydroxylamine groups is 2. The Morgan fingerprint density at radius 2 is 1.66 bits per heavy atom. The summed E-state index contributed by atoms with van der Waals surface area (Å²) < 4.78 is 10.5. The van der Waals surface area contributed by atoms with Gasteiger partial charge in [-0.2, -0.15) is 0 Å².